The van der Waals surface area contributed by atoms with Crippen LogP contribution in [0.2, 0.25) is 0 Å². The van der Waals surface area contributed by atoms with Gasteiger partial charge in [0.25, 0.3) is 0 Å². The van der Waals surface area contributed by atoms with Gasteiger partial charge < -0.3 is 20.1 Å². The van der Waals surface area contributed by atoms with Crippen LogP contribution in [0.1, 0.15) is 11.3 Å². The molecule has 3 heterocycles. The normalized spacial score (nSPS) is 11.9. The van der Waals surface area contributed by atoms with E-state index in [1.165, 1.54) is 11.8 Å². The molecule has 3 aromatic rings. The van der Waals surface area contributed by atoms with Crippen molar-refractivity contribution in [3.05, 3.63) is 54.0 Å². The molecule has 8 nitrogen and oxygen atoms in total. The average molecular weight is 413 g/mol. The fourth-order valence-electron chi connectivity index (χ4n) is 2.46. The molecule has 0 fully saturated rings. The van der Waals surface area contributed by atoms with E-state index in [-0.39, 0.29) is 6.79 Å². The van der Waals surface area contributed by atoms with Crippen molar-refractivity contribution in [1.29, 1.82) is 0 Å². The number of ether oxygens (including phenoxy) is 2. The van der Waals surface area contributed by atoms with E-state index in [2.05, 4.69) is 30.6 Å². The number of anilines is 1. The molecule has 10 heteroatoms. The maximum absolute atomic E-state index is 5.39. The minimum absolute atomic E-state index is 0.255. The number of nitrogens with zero attached hydrogens (tertiary/aromatic N) is 4. The van der Waals surface area contributed by atoms with Crippen LogP contribution in [0.5, 0.6) is 11.5 Å². The number of fused-ring (bicyclic) bond motifs is 1. The molecule has 0 bridgehead atoms. The van der Waals surface area contributed by atoms with E-state index in [1.807, 2.05) is 31.2 Å². The summed E-state index contributed by atoms with van der Waals surface area (Å²) in [6, 6.07) is 9.41. The van der Waals surface area contributed by atoms with E-state index in [1.54, 1.807) is 18.5 Å². The molecule has 0 aliphatic carbocycles. The molecule has 0 unspecified atom stereocenters. The number of hydrogen-bond acceptors (Lipinski definition) is 8. The third kappa shape index (κ3) is 4.65. The molecule has 2 aromatic heterocycles. The molecule has 0 amide bonds. The van der Waals surface area contributed by atoms with Crippen LogP contribution in [-0.4, -0.2) is 31.8 Å². The van der Waals surface area contributed by atoms with Gasteiger partial charge in [-0.3, -0.25) is 0 Å². The maximum Gasteiger partial charge on any atom is 0.231 e. The van der Waals surface area contributed by atoms with Gasteiger partial charge in [0, 0.05) is 24.6 Å². The summed E-state index contributed by atoms with van der Waals surface area (Å²) in [4.78, 5) is 17.2. The van der Waals surface area contributed by atoms with Gasteiger partial charge in [-0.1, -0.05) is 6.07 Å². The van der Waals surface area contributed by atoms with Gasteiger partial charge in [0.2, 0.25) is 12.7 Å². The topological polar surface area (TPSA) is 94.1 Å². The zero-order valence-corrected chi connectivity index (χ0v) is 16.5. The lowest BCUT2D eigenvalue weighted by Crippen LogP contribution is -2.28. The summed E-state index contributed by atoms with van der Waals surface area (Å²) in [6.07, 6.45) is 3.38. The van der Waals surface area contributed by atoms with Gasteiger partial charge in [-0.15, -0.1) is 0 Å². The Hall–Kier alpha value is -2.98. The summed E-state index contributed by atoms with van der Waals surface area (Å²) in [5, 5.41) is 7.94. The molecule has 2 N–H and O–H groups in total. The Bertz CT molecular complexity index is 1000. The van der Waals surface area contributed by atoms with Crippen molar-refractivity contribution in [2.75, 3.05) is 12.1 Å². The Morgan fingerprint density at radius 3 is 2.82 bits per heavy atom. The van der Waals surface area contributed by atoms with Gasteiger partial charge >= 0.3 is 0 Å². The lowest BCUT2D eigenvalue weighted by molar-refractivity contribution is 0.174. The Morgan fingerprint density at radius 2 is 1.96 bits per heavy atom. The fourth-order valence-corrected chi connectivity index (χ4v) is 3.40. The lowest BCUT2D eigenvalue weighted by Gasteiger charge is -2.11. The molecule has 0 spiro atoms. The first kappa shape index (κ1) is 18.4. The van der Waals surface area contributed by atoms with Crippen molar-refractivity contribution in [3.63, 3.8) is 0 Å². The summed E-state index contributed by atoms with van der Waals surface area (Å²) < 4.78 is 10.7. The molecular formula is C18H16N6O2S2. The molecule has 0 radical (unpaired) electrons. The Kier molecular flexibility index (Phi) is 5.49. The number of aromatic nitrogens is 4. The van der Waals surface area contributed by atoms with E-state index in [4.69, 9.17) is 21.7 Å². The van der Waals surface area contributed by atoms with Gasteiger partial charge in [0.05, 0.1) is 0 Å². The molecule has 0 atom stereocenters. The Balaban J connectivity index is 1.37. The molecule has 1 aliphatic rings. The van der Waals surface area contributed by atoms with Crippen LogP contribution in [0.15, 0.2) is 52.9 Å². The highest BCUT2D eigenvalue weighted by Gasteiger charge is 2.13. The number of thiocarbonyl (C=S) groups is 1. The van der Waals surface area contributed by atoms with Crippen LogP contribution in [0.4, 0.5) is 5.95 Å². The average Bonchev–Trinajstić information content (AvgIpc) is 3.14. The Morgan fingerprint density at radius 1 is 1.14 bits per heavy atom. The van der Waals surface area contributed by atoms with Crippen LogP contribution >= 0.6 is 24.0 Å². The number of aryl methyl sites for hydroxylation is 1. The van der Waals surface area contributed by atoms with Gasteiger partial charge in [-0.05, 0) is 60.7 Å². The van der Waals surface area contributed by atoms with Gasteiger partial charge in [0.1, 0.15) is 5.03 Å². The van der Waals surface area contributed by atoms with Crippen molar-refractivity contribution in [2.24, 2.45) is 0 Å². The lowest BCUT2D eigenvalue weighted by atomic mass is 10.2. The number of nitrogens with one attached hydrogen (secondary N) is 2. The molecular weight excluding hydrogens is 396 g/mol. The first-order valence-corrected chi connectivity index (χ1v) is 9.62. The van der Waals surface area contributed by atoms with Crippen molar-refractivity contribution in [3.8, 4) is 11.5 Å². The van der Waals surface area contributed by atoms with E-state index in [0.29, 0.717) is 22.8 Å². The smallest absolute Gasteiger partial charge is 0.231 e. The maximum atomic E-state index is 5.39. The largest absolute Gasteiger partial charge is 0.454 e. The fraction of sp³-hybridized carbons (Fsp3) is 0.167. The predicted molar refractivity (Wildman–Crippen MR) is 109 cm³/mol. The first-order chi connectivity index (χ1) is 13.7. The van der Waals surface area contributed by atoms with Crippen molar-refractivity contribution < 1.29 is 9.47 Å². The second-order valence-electron chi connectivity index (χ2n) is 5.80. The molecule has 0 saturated carbocycles. The van der Waals surface area contributed by atoms with E-state index in [0.717, 1.165) is 27.8 Å². The van der Waals surface area contributed by atoms with Crippen LogP contribution < -0.4 is 20.1 Å². The molecule has 0 saturated heterocycles. The van der Waals surface area contributed by atoms with Gasteiger partial charge in [-0.2, -0.15) is 0 Å². The molecule has 1 aliphatic heterocycles. The zero-order valence-electron chi connectivity index (χ0n) is 14.9. The Labute approximate surface area is 171 Å². The predicted octanol–water partition coefficient (Wildman–Crippen LogP) is 2.94. The van der Waals surface area contributed by atoms with Crippen LogP contribution in [0.25, 0.3) is 0 Å². The first-order valence-electron chi connectivity index (χ1n) is 8.40. The van der Waals surface area contributed by atoms with E-state index >= 15 is 0 Å². The highest BCUT2D eigenvalue weighted by Crippen LogP contribution is 2.32. The summed E-state index contributed by atoms with van der Waals surface area (Å²) in [5.74, 6) is 1.91. The number of benzene rings is 1. The van der Waals surface area contributed by atoms with Crippen LogP contribution in [-0.2, 0) is 6.54 Å². The van der Waals surface area contributed by atoms with Gasteiger partial charge in [0.15, 0.2) is 21.8 Å². The van der Waals surface area contributed by atoms with Crippen molar-refractivity contribution >= 4 is 35.0 Å². The van der Waals surface area contributed by atoms with E-state index < -0.39 is 0 Å². The SMILES string of the molecule is Cc1cc(Sc2ncccn2)nc(NC(=S)NCc2ccc3c(c2)OCO3)n1. The second-order valence-corrected chi connectivity index (χ2v) is 7.20. The van der Waals surface area contributed by atoms with Gasteiger partial charge in [-0.25, -0.2) is 19.9 Å². The minimum Gasteiger partial charge on any atom is -0.454 e. The molecule has 28 heavy (non-hydrogen) atoms. The zero-order chi connectivity index (χ0) is 19.3. The summed E-state index contributed by atoms with van der Waals surface area (Å²) >= 11 is 6.72. The summed E-state index contributed by atoms with van der Waals surface area (Å²) in [5.41, 5.74) is 1.84. The highest BCUT2D eigenvalue weighted by molar-refractivity contribution is 7.99. The van der Waals surface area contributed by atoms with Crippen LogP contribution in [0, 0.1) is 6.92 Å². The molecule has 1 aromatic carbocycles. The summed E-state index contributed by atoms with van der Waals surface area (Å²) in [6.45, 7) is 2.69. The molecule has 142 valence electrons. The third-order valence-electron chi connectivity index (χ3n) is 3.68. The highest BCUT2D eigenvalue weighted by atomic mass is 32.2. The van der Waals surface area contributed by atoms with Crippen molar-refractivity contribution in [1.82, 2.24) is 25.3 Å². The third-order valence-corrected chi connectivity index (χ3v) is 4.74. The van der Waals surface area contributed by atoms with Crippen molar-refractivity contribution in [2.45, 2.75) is 23.7 Å². The summed E-state index contributed by atoms with van der Waals surface area (Å²) in [7, 11) is 0. The molecule has 4 rings (SSSR count). The monoisotopic (exact) mass is 412 g/mol. The van der Waals surface area contributed by atoms with E-state index in [9.17, 15) is 0 Å². The van der Waals surface area contributed by atoms with Crippen LogP contribution in [0.3, 0.4) is 0 Å². The number of rotatable bonds is 5. The second kappa shape index (κ2) is 8.36. The standard InChI is InChI=1S/C18H16N6O2S2/c1-11-7-15(28-18-19-5-2-6-20-18)23-16(22-11)24-17(27)21-9-12-3-4-13-14(8-12)26-10-25-13/h2-8H,9-10H2,1H3,(H2,21,22,23,24,27). The minimum atomic E-state index is 0.255. The number of hydrogen-bond donors (Lipinski definition) is 2. The quantitative estimate of drug-likeness (QED) is 0.370.